The van der Waals surface area contributed by atoms with Crippen LogP contribution in [0.4, 0.5) is 18.9 Å². The van der Waals surface area contributed by atoms with Crippen LogP contribution in [0.15, 0.2) is 55.1 Å². The van der Waals surface area contributed by atoms with E-state index in [1.54, 1.807) is 23.9 Å². The number of pyridine rings is 1. The summed E-state index contributed by atoms with van der Waals surface area (Å²) in [4.78, 5) is 38.1. The maximum Gasteiger partial charge on any atom is 0.249 e. The minimum Gasteiger partial charge on any atom is -0.326 e. The van der Waals surface area contributed by atoms with Crippen LogP contribution in [-0.2, 0) is 28.2 Å². The SMILES string of the molecule is Cc1nccn1CC(=O)N(c1cncc(F)c1)C1(N(C=O)C2CCC(F)(F)CC2)CCc2ccccc21. The van der Waals surface area contributed by atoms with Crippen LogP contribution in [0.2, 0.25) is 0 Å². The zero-order valence-corrected chi connectivity index (χ0v) is 20.5. The molecule has 7 nitrogen and oxygen atoms in total. The average molecular weight is 512 g/mol. The summed E-state index contributed by atoms with van der Waals surface area (Å²) in [5, 5.41) is 0. The normalized spacial score (nSPS) is 20.9. The summed E-state index contributed by atoms with van der Waals surface area (Å²) in [5.41, 5.74) is 0.514. The van der Waals surface area contributed by atoms with Gasteiger partial charge in [0.2, 0.25) is 18.2 Å². The highest BCUT2D eigenvalue weighted by Gasteiger charge is 2.54. The van der Waals surface area contributed by atoms with Gasteiger partial charge >= 0.3 is 0 Å². The molecule has 0 bridgehead atoms. The third-order valence-electron chi connectivity index (χ3n) is 7.61. The van der Waals surface area contributed by atoms with Crippen LogP contribution in [-0.4, -0.2) is 43.7 Å². The number of carbonyl (C=O) groups is 2. The first-order chi connectivity index (χ1) is 17.7. The van der Waals surface area contributed by atoms with Gasteiger partial charge in [0.1, 0.15) is 23.8 Å². The molecule has 1 fully saturated rings. The first kappa shape index (κ1) is 25.0. The number of halogens is 3. The Labute approximate surface area is 212 Å². The van der Waals surface area contributed by atoms with Crippen molar-refractivity contribution in [3.05, 3.63) is 77.9 Å². The number of hydrogen-bond donors (Lipinski definition) is 0. The minimum absolute atomic E-state index is 0.0969. The fourth-order valence-electron chi connectivity index (χ4n) is 5.84. The first-order valence-electron chi connectivity index (χ1n) is 12.4. The largest absolute Gasteiger partial charge is 0.326 e. The number of rotatable bonds is 7. The molecule has 0 N–H and O–H groups in total. The van der Waals surface area contributed by atoms with Gasteiger partial charge in [0.15, 0.2) is 0 Å². The zero-order chi connectivity index (χ0) is 26.2. The van der Waals surface area contributed by atoms with E-state index in [0.29, 0.717) is 25.1 Å². The molecule has 0 saturated heterocycles. The van der Waals surface area contributed by atoms with E-state index in [9.17, 15) is 22.8 Å². The van der Waals surface area contributed by atoms with Gasteiger partial charge in [-0.1, -0.05) is 24.3 Å². The summed E-state index contributed by atoms with van der Waals surface area (Å²) in [6.45, 7) is 1.66. The molecule has 194 valence electrons. The fraction of sp³-hybridized carbons (Fsp3) is 0.407. The lowest BCUT2D eigenvalue weighted by molar-refractivity contribution is -0.136. The van der Waals surface area contributed by atoms with Crippen LogP contribution in [0.5, 0.6) is 0 Å². The Morgan fingerprint density at radius 1 is 1.19 bits per heavy atom. The second-order valence-electron chi connectivity index (χ2n) is 9.77. The summed E-state index contributed by atoms with van der Waals surface area (Å²) in [5.74, 6) is -3.20. The number of anilines is 1. The smallest absolute Gasteiger partial charge is 0.249 e. The van der Waals surface area contributed by atoms with Crippen molar-refractivity contribution >= 4 is 18.0 Å². The molecule has 0 radical (unpaired) electrons. The van der Waals surface area contributed by atoms with Gasteiger partial charge in [0, 0.05) is 42.9 Å². The molecule has 0 aliphatic heterocycles. The van der Waals surface area contributed by atoms with Crippen LogP contribution in [0, 0.1) is 12.7 Å². The third-order valence-corrected chi connectivity index (χ3v) is 7.61. The number of carbonyl (C=O) groups excluding carboxylic acids is 2. The Balaban J connectivity index is 1.68. The van der Waals surface area contributed by atoms with E-state index in [1.165, 1.54) is 22.1 Å². The molecule has 5 rings (SSSR count). The van der Waals surface area contributed by atoms with Gasteiger partial charge in [-0.3, -0.25) is 19.5 Å². The van der Waals surface area contributed by atoms with Crippen molar-refractivity contribution in [2.24, 2.45) is 0 Å². The van der Waals surface area contributed by atoms with Crippen LogP contribution >= 0.6 is 0 Å². The monoisotopic (exact) mass is 511 g/mol. The molecule has 2 aromatic heterocycles. The van der Waals surface area contributed by atoms with Crippen molar-refractivity contribution in [3.63, 3.8) is 0 Å². The van der Waals surface area contributed by atoms with Gasteiger partial charge in [-0.25, -0.2) is 18.2 Å². The Kier molecular flexibility index (Phi) is 6.51. The van der Waals surface area contributed by atoms with Gasteiger partial charge in [0.05, 0.1) is 18.1 Å². The van der Waals surface area contributed by atoms with Crippen LogP contribution < -0.4 is 4.90 Å². The second-order valence-corrected chi connectivity index (χ2v) is 9.77. The number of aromatic nitrogens is 3. The summed E-state index contributed by atoms with van der Waals surface area (Å²) in [6.07, 6.45) is 6.74. The number of nitrogens with zero attached hydrogens (tertiary/aromatic N) is 5. The van der Waals surface area contributed by atoms with Gasteiger partial charge in [-0.05, 0) is 38.2 Å². The molecule has 2 amide bonds. The molecule has 1 aromatic carbocycles. The van der Waals surface area contributed by atoms with Crippen LogP contribution in [0.1, 0.15) is 49.1 Å². The van der Waals surface area contributed by atoms with Crippen molar-refractivity contribution in [2.75, 3.05) is 4.90 Å². The topological polar surface area (TPSA) is 71.3 Å². The Morgan fingerprint density at radius 3 is 2.62 bits per heavy atom. The number of hydrogen-bond acceptors (Lipinski definition) is 4. The Hall–Kier alpha value is -3.69. The van der Waals surface area contributed by atoms with Crippen molar-refractivity contribution in [3.8, 4) is 0 Å². The quantitative estimate of drug-likeness (QED) is 0.344. The van der Waals surface area contributed by atoms with Crippen LogP contribution in [0.25, 0.3) is 0 Å². The molecule has 3 aromatic rings. The number of benzene rings is 1. The van der Waals surface area contributed by atoms with E-state index in [0.717, 1.165) is 17.3 Å². The standard InChI is InChI=1S/C27H28F3N5O2/c1-19-32-12-13-33(19)17-25(37)35(23-14-21(28)15-31-16-23)27(11-6-20-4-2-3-5-24(20)27)34(18-36)22-7-9-26(29,30)10-8-22/h2-5,12-16,18,22H,6-11,17H2,1H3. The molecule has 2 aliphatic rings. The predicted octanol–water partition coefficient (Wildman–Crippen LogP) is 4.59. The van der Waals surface area contributed by atoms with Crippen molar-refractivity contribution in [1.29, 1.82) is 0 Å². The molecule has 2 heterocycles. The van der Waals surface area contributed by atoms with E-state index >= 15 is 0 Å². The molecule has 1 atom stereocenters. The Bertz CT molecular complexity index is 1300. The molecule has 1 unspecified atom stereocenters. The second kappa shape index (κ2) is 9.64. The maximum absolute atomic E-state index is 14.5. The lowest BCUT2D eigenvalue weighted by atomic mass is 9.87. The number of amides is 2. The van der Waals surface area contributed by atoms with E-state index in [2.05, 4.69) is 9.97 Å². The average Bonchev–Trinajstić information content (AvgIpc) is 3.45. The summed E-state index contributed by atoms with van der Waals surface area (Å²) < 4.78 is 44.3. The van der Waals surface area contributed by atoms with E-state index < -0.39 is 29.4 Å². The maximum atomic E-state index is 14.5. The number of fused-ring (bicyclic) bond motifs is 1. The zero-order valence-electron chi connectivity index (χ0n) is 20.5. The molecule has 2 aliphatic carbocycles. The summed E-state index contributed by atoms with van der Waals surface area (Å²) in [7, 11) is 0. The number of alkyl halides is 2. The van der Waals surface area contributed by atoms with Gasteiger partial charge in [-0.2, -0.15) is 0 Å². The predicted molar refractivity (Wildman–Crippen MR) is 130 cm³/mol. The van der Waals surface area contributed by atoms with E-state index in [-0.39, 0.29) is 37.9 Å². The minimum atomic E-state index is -2.78. The molecule has 10 heteroatoms. The fourth-order valence-corrected chi connectivity index (χ4v) is 5.84. The van der Waals surface area contributed by atoms with Gasteiger partial charge < -0.3 is 9.47 Å². The van der Waals surface area contributed by atoms with Gasteiger partial charge in [0.25, 0.3) is 0 Å². The lowest BCUT2D eigenvalue weighted by Crippen LogP contribution is -2.63. The van der Waals surface area contributed by atoms with Crippen molar-refractivity contribution < 1.29 is 22.8 Å². The number of aryl methyl sites for hydroxylation is 2. The van der Waals surface area contributed by atoms with Crippen LogP contribution in [0.3, 0.4) is 0 Å². The molecule has 37 heavy (non-hydrogen) atoms. The van der Waals surface area contributed by atoms with E-state index in [4.69, 9.17) is 0 Å². The highest BCUT2D eigenvalue weighted by molar-refractivity contribution is 5.95. The number of imidazole rings is 1. The lowest BCUT2D eigenvalue weighted by Gasteiger charge is -2.51. The van der Waals surface area contributed by atoms with E-state index in [1.807, 2.05) is 24.3 Å². The molecule has 1 saturated carbocycles. The first-order valence-corrected chi connectivity index (χ1v) is 12.4. The highest BCUT2D eigenvalue weighted by atomic mass is 19.3. The molecule has 0 spiro atoms. The van der Waals surface area contributed by atoms with Crippen molar-refractivity contribution in [1.82, 2.24) is 19.4 Å². The summed E-state index contributed by atoms with van der Waals surface area (Å²) >= 11 is 0. The highest BCUT2D eigenvalue weighted by Crippen LogP contribution is 2.49. The molecular formula is C27H28F3N5O2. The van der Waals surface area contributed by atoms with Crippen molar-refractivity contribution in [2.45, 2.75) is 69.6 Å². The molecular weight excluding hydrogens is 483 g/mol. The third kappa shape index (κ3) is 4.49. The Morgan fingerprint density at radius 2 is 1.95 bits per heavy atom. The summed E-state index contributed by atoms with van der Waals surface area (Å²) in [6, 6.07) is 8.19. The van der Waals surface area contributed by atoms with Gasteiger partial charge in [-0.15, -0.1) is 0 Å².